The van der Waals surface area contributed by atoms with E-state index in [1.165, 1.54) is 19.3 Å². The summed E-state index contributed by atoms with van der Waals surface area (Å²) >= 11 is 0. The first-order chi connectivity index (χ1) is 9.01. The molecule has 19 heavy (non-hydrogen) atoms. The third kappa shape index (κ3) is 5.11. The van der Waals surface area contributed by atoms with Crippen LogP contribution in [0.15, 0.2) is 0 Å². The van der Waals surface area contributed by atoms with E-state index in [4.69, 9.17) is 10.5 Å². The Kier molecular flexibility index (Phi) is 6.80. The van der Waals surface area contributed by atoms with Gasteiger partial charge in [-0.15, -0.1) is 0 Å². The molecule has 0 spiro atoms. The Morgan fingerprint density at radius 1 is 1.53 bits per heavy atom. The van der Waals surface area contributed by atoms with Crippen LogP contribution in [0.1, 0.15) is 65.2 Å². The van der Waals surface area contributed by atoms with Crippen LogP contribution in [0.3, 0.4) is 0 Å². The van der Waals surface area contributed by atoms with E-state index in [2.05, 4.69) is 13.8 Å². The fraction of sp³-hybridized carbons (Fsp3) is 0.933. The molecule has 4 nitrogen and oxygen atoms in total. The van der Waals surface area contributed by atoms with Crippen molar-refractivity contribution in [2.45, 2.75) is 76.9 Å². The standard InChI is InChI=1S/C15H29NO3/c1-3-5-7-12(4-2)11-19-13-8-6-9-15(16,10-13)14(17)18/h12-13H,3-11,16H2,1-2H3,(H,17,18). The van der Waals surface area contributed by atoms with Crippen molar-refractivity contribution in [1.82, 2.24) is 0 Å². The first-order valence-electron chi connectivity index (χ1n) is 7.65. The van der Waals surface area contributed by atoms with Crippen LogP contribution in [0.5, 0.6) is 0 Å². The minimum Gasteiger partial charge on any atom is -0.480 e. The summed E-state index contributed by atoms with van der Waals surface area (Å²) in [6.07, 6.45) is 7.60. The van der Waals surface area contributed by atoms with Crippen LogP contribution in [-0.4, -0.2) is 29.3 Å². The summed E-state index contributed by atoms with van der Waals surface area (Å²) in [4.78, 5) is 11.2. The van der Waals surface area contributed by atoms with Crippen LogP contribution < -0.4 is 5.73 Å². The molecule has 3 atom stereocenters. The molecule has 1 aliphatic carbocycles. The van der Waals surface area contributed by atoms with Gasteiger partial charge in [-0.2, -0.15) is 0 Å². The molecule has 3 unspecified atom stereocenters. The second-order valence-corrected chi connectivity index (χ2v) is 5.93. The lowest BCUT2D eigenvalue weighted by Gasteiger charge is -2.35. The van der Waals surface area contributed by atoms with Crippen LogP contribution in [0.25, 0.3) is 0 Å². The minimum atomic E-state index is -1.08. The molecule has 0 radical (unpaired) electrons. The molecule has 0 bridgehead atoms. The van der Waals surface area contributed by atoms with Crippen molar-refractivity contribution in [3.8, 4) is 0 Å². The molecule has 0 aromatic rings. The van der Waals surface area contributed by atoms with E-state index in [1.54, 1.807) is 0 Å². The summed E-state index contributed by atoms with van der Waals surface area (Å²) in [6, 6.07) is 0. The zero-order chi connectivity index (χ0) is 14.3. The molecule has 0 aromatic carbocycles. The molecule has 0 heterocycles. The van der Waals surface area contributed by atoms with Crippen molar-refractivity contribution in [2.24, 2.45) is 11.7 Å². The Balaban J connectivity index is 2.38. The number of ether oxygens (including phenoxy) is 1. The first-order valence-corrected chi connectivity index (χ1v) is 7.65. The molecule has 0 aromatic heterocycles. The molecule has 0 amide bonds. The van der Waals surface area contributed by atoms with E-state index in [0.717, 1.165) is 25.9 Å². The van der Waals surface area contributed by atoms with Gasteiger partial charge in [0.05, 0.1) is 6.10 Å². The lowest BCUT2D eigenvalue weighted by Crippen LogP contribution is -2.53. The van der Waals surface area contributed by atoms with Crippen LogP contribution in [0.4, 0.5) is 0 Å². The van der Waals surface area contributed by atoms with Gasteiger partial charge in [-0.1, -0.05) is 33.1 Å². The summed E-state index contributed by atoms with van der Waals surface area (Å²) in [5.74, 6) is -0.294. The Morgan fingerprint density at radius 2 is 2.26 bits per heavy atom. The number of hydrogen-bond donors (Lipinski definition) is 2. The van der Waals surface area contributed by atoms with E-state index in [9.17, 15) is 9.90 Å². The van der Waals surface area contributed by atoms with Crippen LogP contribution >= 0.6 is 0 Å². The molecular formula is C15H29NO3. The highest BCUT2D eigenvalue weighted by atomic mass is 16.5. The van der Waals surface area contributed by atoms with Gasteiger partial charge < -0.3 is 15.6 Å². The highest BCUT2D eigenvalue weighted by Crippen LogP contribution is 2.29. The van der Waals surface area contributed by atoms with Gasteiger partial charge in [0.2, 0.25) is 0 Å². The lowest BCUT2D eigenvalue weighted by atomic mass is 9.81. The normalized spacial score (nSPS) is 29.1. The number of carboxylic acid groups (broad SMARTS) is 1. The van der Waals surface area contributed by atoms with Gasteiger partial charge in [0.25, 0.3) is 0 Å². The molecule has 1 rings (SSSR count). The number of hydrogen-bond acceptors (Lipinski definition) is 3. The number of rotatable bonds is 8. The van der Waals surface area contributed by atoms with E-state index < -0.39 is 11.5 Å². The minimum absolute atomic E-state index is 0.0190. The maximum Gasteiger partial charge on any atom is 0.323 e. The van der Waals surface area contributed by atoms with Crippen LogP contribution in [-0.2, 0) is 9.53 Å². The average Bonchev–Trinajstić information content (AvgIpc) is 2.39. The Morgan fingerprint density at radius 3 is 2.84 bits per heavy atom. The van der Waals surface area contributed by atoms with Crippen molar-refractivity contribution < 1.29 is 14.6 Å². The van der Waals surface area contributed by atoms with Crippen molar-refractivity contribution in [2.75, 3.05) is 6.61 Å². The quantitative estimate of drug-likeness (QED) is 0.712. The molecule has 0 saturated heterocycles. The highest BCUT2D eigenvalue weighted by molar-refractivity contribution is 5.78. The third-order valence-electron chi connectivity index (χ3n) is 4.28. The summed E-state index contributed by atoms with van der Waals surface area (Å²) < 4.78 is 5.94. The Labute approximate surface area is 116 Å². The summed E-state index contributed by atoms with van der Waals surface area (Å²) in [7, 11) is 0. The fourth-order valence-corrected chi connectivity index (χ4v) is 2.76. The number of nitrogens with two attached hydrogens (primary N) is 1. The second kappa shape index (κ2) is 7.85. The van der Waals surface area contributed by atoms with Gasteiger partial charge in [-0.05, 0) is 31.6 Å². The molecule has 112 valence electrons. The van der Waals surface area contributed by atoms with Gasteiger partial charge in [0.1, 0.15) is 5.54 Å². The molecule has 1 saturated carbocycles. The zero-order valence-corrected chi connectivity index (χ0v) is 12.4. The maximum atomic E-state index is 11.2. The van der Waals surface area contributed by atoms with E-state index in [-0.39, 0.29) is 6.10 Å². The second-order valence-electron chi connectivity index (χ2n) is 5.93. The maximum absolute atomic E-state index is 11.2. The van der Waals surface area contributed by atoms with Gasteiger partial charge in [0, 0.05) is 13.0 Å². The molecule has 1 fully saturated rings. The van der Waals surface area contributed by atoms with Gasteiger partial charge in [-0.3, -0.25) is 4.79 Å². The van der Waals surface area contributed by atoms with E-state index >= 15 is 0 Å². The monoisotopic (exact) mass is 271 g/mol. The predicted octanol–water partition coefficient (Wildman–Crippen LogP) is 2.94. The number of carbonyl (C=O) groups is 1. The number of unbranched alkanes of at least 4 members (excludes halogenated alkanes) is 1. The average molecular weight is 271 g/mol. The summed E-state index contributed by atoms with van der Waals surface area (Å²) in [5, 5.41) is 9.17. The summed E-state index contributed by atoms with van der Waals surface area (Å²) in [5.41, 5.74) is 4.86. The predicted molar refractivity (Wildman–Crippen MR) is 76.1 cm³/mol. The molecule has 0 aliphatic heterocycles. The zero-order valence-electron chi connectivity index (χ0n) is 12.4. The lowest BCUT2D eigenvalue weighted by molar-refractivity contribution is -0.147. The van der Waals surface area contributed by atoms with Crippen molar-refractivity contribution in [3.05, 3.63) is 0 Å². The summed E-state index contributed by atoms with van der Waals surface area (Å²) in [6.45, 7) is 5.14. The molecule has 1 aliphatic rings. The number of carboxylic acids is 1. The van der Waals surface area contributed by atoms with Crippen LogP contribution in [0, 0.1) is 5.92 Å². The van der Waals surface area contributed by atoms with Crippen LogP contribution in [0.2, 0.25) is 0 Å². The molecule has 4 heteroatoms. The largest absolute Gasteiger partial charge is 0.480 e. The molecular weight excluding hydrogens is 242 g/mol. The fourth-order valence-electron chi connectivity index (χ4n) is 2.76. The van der Waals surface area contributed by atoms with E-state index in [0.29, 0.717) is 18.8 Å². The Bertz CT molecular complexity index is 283. The van der Waals surface area contributed by atoms with E-state index in [1.807, 2.05) is 0 Å². The highest BCUT2D eigenvalue weighted by Gasteiger charge is 2.39. The van der Waals surface area contributed by atoms with Crippen molar-refractivity contribution in [3.63, 3.8) is 0 Å². The smallest absolute Gasteiger partial charge is 0.323 e. The SMILES string of the molecule is CCCCC(CC)COC1CCCC(N)(C(=O)O)C1. The van der Waals surface area contributed by atoms with Gasteiger partial charge in [0.15, 0.2) is 0 Å². The van der Waals surface area contributed by atoms with Gasteiger partial charge in [-0.25, -0.2) is 0 Å². The topological polar surface area (TPSA) is 72.5 Å². The third-order valence-corrected chi connectivity index (χ3v) is 4.28. The molecule has 3 N–H and O–H groups in total. The van der Waals surface area contributed by atoms with Crippen molar-refractivity contribution >= 4 is 5.97 Å². The first kappa shape index (κ1) is 16.4. The Hall–Kier alpha value is -0.610. The number of aliphatic carboxylic acids is 1. The van der Waals surface area contributed by atoms with Gasteiger partial charge >= 0.3 is 5.97 Å². The van der Waals surface area contributed by atoms with Crippen molar-refractivity contribution in [1.29, 1.82) is 0 Å².